The van der Waals surface area contributed by atoms with Crippen LogP contribution in [-0.2, 0) is 50.0 Å². The number of primary amides is 1. The Kier molecular flexibility index (Phi) is 36.0. The minimum atomic E-state index is -4.89. The highest BCUT2D eigenvalue weighted by Gasteiger charge is 2.61. The average molecular weight is 2140 g/mol. The largest absolute Gasteiger partial charge is 0.495 e. The lowest BCUT2D eigenvalue weighted by atomic mass is 9.79. The summed E-state index contributed by atoms with van der Waals surface area (Å²) in [5.74, 6) is -4.41. The van der Waals surface area contributed by atoms with Gasteiger partial charge in [0.1, 0.15) is 68.4 Å². The van der Waals surface area contributed by atoms with Crippen LogP contribution < -0.4 is 44.0 Å². The van der Waals surface area contributed by atoms with Crippen LogP contribution >= 0.6 is 22.7 Å². The number of pyridine rings is 4. The van der Waals surface area contributed by atoms with Gasteiger partial charge in [0.05, 0.1) is 70.9 Å². The molecule has 6 atom stereocenters. The zero-order valence-corrected chi connectivity index (χ0v) is 83.8. The first-order valence-electron chi connectivity index (χ1n) is 48.9. The van der Waals surface area contributed by atoms with Crippen molar-refractivity contribution in [2.45, 2.75) is 189 Å². The molecule has 7 aliphatic heterocycles. The number of anilines is 2. The van der Waals surface area contributed by atoms with Crippen LogP contribution in [0.2, 0.25) is 0 Å². The molecule has 149 heavy (non-hydrogen) atoms. The smallest absolute Gasteiger partial charge is 0.425 e. The summed E-state index contributed by atoms with van der Waals surface area (Å²) in [5, 5.41) is 2.26. The first-order chi connectivity index (χ1) is 70.9. The Morgan fingerprint density at radius 1 is 0.450 bits per heavy atom. The molecule has 0 saturated carbocycles. The predicted molar refractivity (Wildman–Crippen MR) is 517 cm³/mol. The van der Waals surface area contributed by atoms with Crippen molar-refractivity contribution >= 4 is 75.4 Å². The number of nitrogens with zero attached hydrogens (tertiary/aromatic N) is 13. The third kappa shape index (κ3) is 25.9. The van der Waals surface area contributed by atoms with Crippen LogP contribution in [-0.4, -0.2) is 269 Å². The Morgan fingerprint density at radius 3 is 1.30 bits per heavy atom. The lowest BCUT2D eigenvalue weighted by Gasteiger charge is -2.51. The zero-order chi connectivity index (χ0) is 107. The van der Waals surface area contributed by atoms with Crippen molar-refractivity contribution in [2.24, 2.45) is 5.73 Å². The molecule has 7 aliphatic rings. The van der Waals surface area contributed by atoms with E-state index in [2.05, 4.69) is 29.7 Å². The van der Waals surface area contributed by atoms with Gasteiger partial charge in [-0.3, -0.25) is 48.5 Å². The number of aromatic nitrogens is 4. The molecule has 28 nitrogen and oxygen atoms in total. The number of piperidine rings is 4. The highest BCUT2D eigenvalue weighted by atomic mass is 32.1. The quantitative estimate of drug-likeness (QED) is 0.0336. The number of thiophene rings is 2. The molecule has 16 rings (SSSR count). The molecule has 6 aromatic heterocycles. The number of likely N-dealkylation sites (tertiary alicyclic amines) is 5. The number of carbonyl (C=O) groups is 7. The molecule has 7 fully saturated rings. The summed E-state index contributed by atoms with van der Waals surface area (Å²) in [7, 11) is 3.13. The van der Waals surface area contributed by atoms with Gasteiger partial charge in [0.15, 0.2) is 0 Å². The summed E-state index contributed by atoms with van der Waals surface area (Å²) in [6.45, 7) is 10.6. The number of hydrogen-bond donors (Lipinski definition) is 1. The molecule has 0 radical (unpaired) electrons. The van der Waals surface area contributed by atoms with E-state index in [0.717, 1.165) is 109 Å². The fraction of sp³-hybridized carbons (Fsp3) is 0.485. The second-order valence-electron chi connectivity index (χ2n) is 37.1. The number of carbonyl (C=O) groups excluding carboxylic acids is 7. The van der Waals surface area contributed by atoms with Crippen LogP contribution in [0, 0.1) is 12.7 Å². The van der Waals surface area contributed by atoms with Crippen LogP contribution in [0.25, 0.3) is 0 Å². The topological polar surface area (TPSA) is 291 Å². The van der Waals surface area contributed by atoms with Gasteiger partial charge in [-0.2, -0.15) is 65.9 Å². The first-order valence-corrected chi connectivity index (χ1v) is 50.7. The van der Waals surface area contributed by atoms with Crippen LogP contribution in [0.3, 0.4) is 0 Å². The van der Waals surface area contributed by atoms with E-state index in [4.69, 9.17) is 38.9 Å². The molecule has 9 aromatic rings. The molecule has 0 bridgehead atoms. The lowest BCUT2D eigenvalue weighted by Crippen LogP contribution is -2.69. The molecule has 46 heteroatoms. The summed E-state index contributed by atoms with van der Waals surface area (Å²) in [6.07, 6.45) is -13.9. The highest BCUT2D eigenvalue weighted by Crippen LogP contribution is 2.49. The van der Waals surface area contributed by atoms with E-state index >= 15 is 9.18 Å². The number of piperazine rings is 2. The van der Waals surface area contributed by atoms with Gasteiger partial charge in [0.25, 0.3) is 41.4 Å². The summed E-state index contributed by atoms with van der Waals surface area (Å²) in [4.78, 5) is 126. The van der Waals surface area contributed by atoms with E-state index < -0.39 is 156 Å². The van der Waals surface area contributed by atoms with E-state index in [1.54, 1.807) is 54.2 Å². The number of halogens is 16. The number of nitrogens with two attached hydrogens (primary N) is 1. The Labute approximate surface area is 857 Å². The zero-order valence-electron chi connectivity index (χ0n) is 82.2. The second-order valence-corrected chi connectivity index (χ2v) is 38.9. The van der Waals surface area contributed by atoms with Gasteiger partial charge < -0.3 is 83.0 Å². The maximum absolute atomic E-state index is 15.3. The average Bonchev–Trinajstić information content (AvgIpc) is 1.60. The van der Waals surface area contributed by atoms with E-state index in [1.165, 1.54) is 49.8 Å². The molecule has 0 spiro atoms. The third-order valence-electron chi connectivity index (χ3n) is 27.6. The van der Waals surface area contributed by atoms with Crippen LogP contribution in [0.15, 0.2) is 163 Å². The van der Waals surface area contributed by atoms with Gasteiger partial charge in [-0.25, -0.2) is 9.37 Å². The Balaban J connectivity index is 0.000000177. The van der Waals surface area contributed by atoms with E-state index in [-0.39, 0.29) is 151 Å². The fourth-order valence-corrected chi connectivity index (χ4v) is 21.9. The van der Waals surface area contributed by atoms with E-state index in [0.29, 0.717) is 118 Å². The van der Waals surface area contributed by atoms with Crippen molar-refractivity contribution < 1.29 is 137 Å². The van der Waals surface area contributed by atoms with Crippen molar-refractivity contribution in [1.29, 1.82) is 0 Å². The van der Waals surface area contributed by atoms with E-state index in [1.807, 2.05) is 50.2 Å². The van der Waals surface area contributed by atoms with Gasteiger partial charge in [0, 0.05) is 197 Å². The number of hydrogen-bond acceptors (Lipinski definition) is 23. The Bertz CT molecular complexity index is 6110. The number of rotatable bonds is 29. The van der Waals surface area contributed by atoms with Crippen molar-refractivity contribution in [1.82, 2.24) is 54.2 Å². The van der Waals surface area contributed by atoms with E-state index in [9.17, 15) is 94.6 Å². The van der Waals surface area contributed by atoms with Gasteiger partial charge in [-0.05, 0) is 132 Å². The first kappa shape index (κ1) is 112. The molecule has 7 amide bonds. The Morgan fingerprint density at radius 2 is 0.872 bits per heavy atom. The molecular weight excluding hydrogens is 2030 g/mol. The highest BCUT2D eigenvalue weighted by molar-refractivity contribution is 7.10. The van der Waals surface area contributed by atoms with Crippen molar-refractivity contribution in [3.63, 3.8) is 0 Å². The summed E-state index contributed by atoms with van der Waals surface area (Å²) in [5.41, 5.74) is -3.32. The number of aryl methyl sites for hydroxylation is 1. The van der Waals surface area contributed by atoms with Gasteiger partial charge in [-0.15, -0.1) is 22.7 Å². The predicted octanol–water partition coefficient (Wildman–Crippen LogP) is 18.6. The second kappa shape index (κ2) is 48.0. The Hall–Kier alpha value is -12.9. The molecule has 2 N–H and O–H groups in total. The van der Waals surface area contributed by atoms with Crippen molar-refractivity contribution in [2.75, 3.05) is 142 Å². The standard InChI is InChI=1S/C37H42F7N5O5S.C34H39F3N4O4.C32H33F6N5O5S/c1-52-20-21-53-29-7-4-6-28(38)32(29)47-16-18-48(19-17-47)34(51)35(54-25-22-31(55-24-25)37(42,43)44)10-5-14-49(30(35)9-15-46-12-2-3-13-46)33(50)26-23-45-11-8-27(26)36(39,40)41;1-4-8-30-33(45-25-13-11-24(2)12-14-25,16-7-18-41(30)31(42)26-23-38-17-15-27(26)34(35,36)37)32(43)40-21-19-39(20-22-40)28-9-5-6-10-29(28)44-3;1-2-5-24-30(48-20-16-25(49-18-20)32(36,37)38,11-4-13-43(24)28(45)21-17-40-12-8-22(21)31(33,34)35)29(46)42-14-9-19(10-15-42)47-26-7-3-6-23(41-26)27(39)44/h4,6-8,11,22-24,30H,2-3,5,9-10,12-21H2,1H3;5-6,9-15,17,23,30H,4,7-8,16,18-22H2,1-3H3;3,6-8,12,16-19,24H,2,4-5,9-11,13-15H2,1H3,(H2,39,44)/t30-,35+;;24-,30+/m1.1/s1. The number of methoxy groups -OCH3 is 2. The number of alkyl halides is 15. The maximum Gasteiger partial charge on any atom is 0.425 e. The monoisotopic (exact) mass is 2140 g/mol. The molecule has 7 saturated heterocycles. The number of benzene rings is 3. The molecule has 3 aromatic carbocycles. The molecular formula is C103H114F16N14O14S2. The number of para-hydroxylation sites is 3. The molecule has 2 unspecified atom stereocenters. The van der Waals surface area contributed by atoms with Gasteiger partial charge >= 0.3 is 30.9 Å². The molecule has 0 aliphatic carbocycles. The van der Waals surface area contributed by atoms with Gasteiger partial charge in [0.2, 0.25) is 22.7 Å². The fourth-order valence-electron chi connectivity index (χ4n) is 20.5. The minimum absolute atomic E-state index is 0.00307. The molecule has 804 valence electrons. The SMILES string of the molecule is CCCC1N(C(=O)c2cnccc2C(F)(F)F)CCCC1(Oc1ccc(C)cc1)C(=O)N1CCN(c2ccccc2OC)CC1.CCC[C@H]1N(C(=O)c2cnccc2C(F)(F)F)CCC[C@@]1(Oc1csc(C(F)(F)F)c1)C(=O)N1CCC(Oc2cccc(C(N)=O)n2)CC1.COCCOc1cccc(F)c1N1CCN(C(=O)[C@]2(Oc3csc(C(F)(F)F)c3)CCCN(C(=O)c3cnccc3C(F)(F)F)[C@@H]2CCN2CCCC2)CC1. The van der Waals surface area contributed by atoms with Crippen molar-refractivity contribution in [3.8, 4) is 34.6 Å². The van der Waals surface area contributed by atoms with Crippen LogP contribution in [0.5, 0.6) is 34.6 Å². The number of ether oxygens (including phenoxy) is 7. The van der Waals surface area contributed by atoms with Crippen LogP contribution in [0.4, 0.5) is 81.6 Å². The van der Waals surface area contributed by atoms with Crippen molar-refractivity contribution in [3.05, 3.63) is 223 Å². The molecule has 13 heterocycles. The van der Waals surface area contributed by atoms with Gasteiger partial charge in [-0.1, -0.05) is 68.7 Å². The summed E-state index contributed by atoms with van der Waals surface area (Å²) in [6, 6.07) is 24.7. The minimum Gasteiger partial charge on any atom is -0.495 e. The third-order valence-corrected chi connectivity index (χ3v) is 29.5. The normalized spacial score (nSPS) is 20.8. The summed E-state index contributed by atoms with van der Waals surface area (Å²) < 4.78 is 265. The number of amides is 7. The summed E-state index contributed by atoms with van der Waals surface area (Å²) >= 11 is 0.761. The lowest BCUT2D eigenvalue weighted by molar-refractivity contribution is -0.161. The maximum atomic E-state index is 15.3. The van der Waals surface area contributed by atoms with Crippen LogP contribution in [0.1, 0.15) is 184 Å².